The van der Waals surface area contributed by atoms with Gasteiger partial charge in [-0.25, -0.2) is 4.39 Å². The van der Waals surface area contributed by atoms with E-state index in [4.69, 9.17) is 11.5 Å². The molecule has 0 spiro atoms. The molecule has 1 aliphatic rings. The monoisotopic (exact) mass is 432 g/mol. The highest BCUT2D eigenvalue weighted by molar-refractivity contribution is 5.86. The second-order valence-corrected chi connectivity index (χ2v) is 8.34. The summed E-state index contributed by atoms with van der Waals surface area (Å²) in [4.78, 5) is 4.31. The Balaban J connectivity index is 1.34. The zero-order valence-electron chi connectivity index (χ0n) is 17.6. The largest absolute Gasteiger partial charge is 0.368 e. The quantitative estimate of drug-likeness (QED) is 0.353. The molecule has 5 rings (SSSR count). The van der Waals surface area contributed by atoms with Crippen LogP contribution in [-0.2, 0) is 5.41 Å². The summed E-state index contributed by atoms with van der Waals surface area (Å²) in [6.07, 6.45) is 4.51. The first kappa shape index (κ1) is 20.5. The number of anilines is 1. The predicted molar refractivity (Wildman–Crippen MR) is 121 cm³/mol. The van der Waals surface area contributed by atoms with E-state index in [1.165, 1.54) is 6.07 Å². The Hall–Kier alpha value is -3.43. The van der Waals surface area contributed by atoms with E-state index in [0.29, 0.717) is 24.6 Å². The molecule has 0 bridgehead atoms. The number of halogens is 1. The van der Waals surface area contributed by atoms with Gasteiger partial charge in [0.1, 0.15) is 11.6 Å². The molecule has 1 aliphatic carbocycles. The van der Waals surface area contributed by atoms with Crippen LogP contribution in [-0.4, -0.2) is 38.5 Å². The van der Waals surface area contributed by atoms with Crippen molar-refractivity contribution < 1.29 is 4.39 Å². The number of hydrogen-bond donors (Lipinski definition) is 4. The van der Waals surface area contributed by atoms with Crippen molar-refractivity contribution in [2.24, 2.45) is 11.5 Å². The van der Waals surface area contributed by atoms with Crippen LogP contribution in [0.5, 0.6) is 0 Å². The predicted octanol–water partition coefficient (Wildman–Crippen LogP) is 3.05. The van der Waals surface area contributed by atoms with Crippen LogP contribution in [0.4, 0.5) is 10.2 Å². The number of pyridine rings is 1. The highest BCUT2D eigenvalue weighted by Crippen LogP contribution is 2.43. The fourth-order valence-corrected chi connectivity index (χ4v) is 4.30. The number of rotatable bonds is 7. The normalized spacial score (nSPS) is 16.0. The van der Waals surface area contributed by atoms with E-state index in [2.05, 4.69) is 30.7 Å². The van der Waals surface area contributed by atoms with Crippen LogP contribution < -0.4 is 16.8 Å². The van der Waals surface area contributed by atoms with Crippen molar-refractivity contribution in [1.29, 1.82) is 0 Å². The lowest BCUT2D eigenvalue weighted by Gasteiger charge is -2.41. The van der Waals surface area contributed by atoms with E-state index in [1.54, 1.807) is 12.3 Å². The Morgan fingerprint density at radius 1 is 1.16 bits per heavy atom. The van der Waals surface area contributed by atoms with Crippen LogP contribution >= 0.6 is 0 Å². The molecule has 4 aromatic rings. The lowest BCUT2D eigenvalue weighted by molar-refractivity contribution is 0.243. The molecule has 0 aliphatic heterocycles. The van der Waals surface area contributed by atoms with Crippen molar-refractivity contribution in [3.8, 4) is 11.3 Å². The number of H-pyrrole nitrogens is 1. The molecule has 0 amide bonds. The van der Waals surface area contributed by atoms with E-state index >= 15 is 0 Å². The molecule has 1 aromatic carbocycles. The average molecular weight is 433 g/mol. The second kappa shape index (κ2) is 8.25. The number of nitrogens with zero attached hydrogens (tertiary/aromatic N) is 4. The van der Waals surface area contributed by atoms with Gasteiger partial charge in [0.15, 0.2) is 0 Å². The molecule has 9 heteroatoms. The van der Waals surface area contributed by atoms with Gasteiger partial charge in [-0.2, -0.15) is 5.10 Å². The van der Waals surface area contributed by atoms with E-state index in [9.17, 15) is 4.39 Å². The Bertz CT molecular complexity index is 1230. The van der Waals surface area contributed by atoms with Gasteiger partial charge >= 0.3 is 0 Å². The molecule has 1 fully saturated rings. The van der Waals surface area contributed by atoms with E-state index < -0.39 is 0 Å². The lowest BCUT2D eigenvalue weighted by Crippen LogP contribution is -2.42. The van der Waals surface area contributed by atoms with Crippen molar-refractivity contribution in [3.05, 3.63) is 65.9 Å². The maximum absolute atomic E-state index is 14.3. The summed E-state index contributed by atoms with van der Waals surface area (Å²) in [5.74, 6) is 0.394. The zero-order chi connectivity index (χ0) is 22.1. The van der Waals surface area contributed by atoms with Crippen molar-refractivity contribution in [1.82, 2.24) is 25.4 Å². The Kier molecular flexibility index (Phi) is 5.28. The van der Waals surface area contributed by atoms with Crippen LogP contribution in [0.25, 0.3) is 22.2 Å². The maximum Gasteiger partial charge on any atom is 0.148 e. The topological polar surface area (TPSA) is 131 Å². The zero-order valence-corrected chi connectivity index (χ0v) is 17.6. The van der Waals surface area contributed by atoms with Gasteiger partial charge in [0.2, 0.25) is 0 Å². The standard InChI is InChI=1S/C23H25FN8/c24-16-3-1-10-27-22(16)23(8-2-9-23)13-28-20-7-6-18(29-31-20)14-4-5-19-15(11-14)21(32-30-19)17(26)12-25/h1,3-7,10-11,17H,2,8-9,12-13,25-26H2,(H,28,31)(H,30,32). The molecule has 3 heterocycles. The number of nitrogens with two attached hydrogens (primary N) is 2. The highest BCUT2D eigenvalue weighted by atomic mass is 19.1. The summed E-state index contributed by atoms with van der Waals surface area (Å²) < 4.78 is 14.3. The molecule has 0 saturated heterocycles. The molecule has 1 saturated carbocycles. The molecule has 3 aromatic heterocycles. The minimum absolute atomic E-state index is 0.251. The SMILES string of the molecule is NCC(N)c1n[nH]c2ccc(-c3ccc(NCC4(c5ncccc5F)CCC4)nn3)cc12. The smallest absolute Gasteiger partial charge is 0.148 e. The molecule has 32 heavy (non-hydrogen) atoms. The number of hydrogen-bond acceptors (Lipinski definition) is 7. The van der Waals surface area contributed by atoms with Crippen molar-refractivity contribution in [3.63, 3.8) is 0 Å². The van der Waals surface area contributed by atoms with E-state index in [0.717, 1.165) is 47.1 Å². The summed E-state index contributed by atoms with van der Waals surface area (Å²) in [6, 6.07) is 12.5. The first-order chi connectivity index (χ1) is 15.6. The molecular weight excluding hydrogens is 407 g/mol. The summed E-state index contributed by atoms with van der Waals surface area (Å²) in [6.45, 7) is 0.879. The minimum Gasteiger partial charge on any atom is -0.368 e. The molecule has 8 nitrogen and oxygen atoms in total. The first-order valence-corrected chi connectivity index (χ1v) is 10.7. The third kappa shape index (κ3) is 3.59. The molecule has 1 atom stereocenters. The van der Waals surface area contributed by atoms with Gasteiger partial charge in [-0.15, -0.1) is 10.2 Å². The van der Waals surface area contributed by atoms with Gasteiger partial charge in [-0.3, -0.25) is 10.1 Å². The van der Waals surface area contributed by atoms with E-state index in [-0.39, 0.29) is 17.3 Å². The minimum atomic E-state index is -0.334. The Labute approximate surface area is 184 Å². The Morgan fingerprint density at radius 2 is 2.03 bits per heavy atom. The number of aromatic nitrogens is 5. The fourth-order valence-electron chi connectivity index (χ4n) is 4.30. The third-order valence-corrected chi connectivity index (χ3v) is 6.34. The lowest BCUT2D eigenvalue weighted by atomic mass is 9.66. The number of nitrogens with one attached hydrogen (secondary N) is 2. The van der Waals surface area contributed by atoms with Crippen LogP contribution in [0.3, 0.4) is 0 Å². The van der Waals surface area contributed by atoms with Crippen molar-refractivity contribution in [2.45, 2.75) is 30.7 Å². The number of benzene rings is 1. The van der Waals surface area contributed by atoms with Crippen LogP contribution in [0.2, 0.25) is 0 Å². The summed E-state index contributed by atoms with van der Waals surface area (Å²) in [5, 5.41) is 20.2. The second-order valence-electron chi connectivity index (χ2n) is 8.34. The van der Waals surface area contributed by atoms with E-state index in [1.807, 2.05) is 30.3 Å². The molecule has 0 radical (unpaired) electrons. The molecule has 1 unspecified atom stereocenters. The highest BCUT2D eigenvalue weighted by Gasteiger charge is 2.41. The fraction of sp³-hybridized carbons (Fsp3) is 0.304. The van der Waals surface area contributed by atoms with Crippen LogP contribution in [0, 0.1) is 5.82 Å². The van der Waals surface area contributed by atoms with Gasteiger partial charge in [0, 0.05) is 35.7 Å². The first-order valence-electron chi connectivity index (χ1n) is 10.7. The van der Waals surface area contributed by atoms with Crippen LogP contribution in [0.15, 0.2) is 48.7 Å². The summed E-state index contributed by atoms with van der Waals surface area (Å²) in [5.41, 5.74) is 15.3. The number of aromatic amines is 1. The maximum atomic E-state index is 14.3. The number of fused-ring (bicyclic) bond motifs is 1. The Morgan fingerprint density at radius 3 is 2.72 bits per heavy atom. The molecule has 164 valence electrons. The third-order valence-electron chi connectivity index (χ3n) is 6.34. The van der Waals surface area contributed by atoms with Crippen LogP contribution in [0.1, 0.15) is 36.7 Å². The van der Waals surface area contributed by atoms with Gasteiger partial charge in [-0.05, 0) is 49.2 Å². The molecular formula is C23H25FN8. The summed E-state index contributed by atoms with van der Waals surface area (Å²) >= 11 is 0. The summed E-state index contributed by atoms with van der Waals surface area (Å²) in [7, 11) is 0. The van der Waals surface area contributed by atoms with Gasteiger partial charge in [0.05, 0.1) is 28.6 Å². The molecule has 6 N–H and O–H groups in total. The van der Waals surface area contributed by atoms with Gasteiger partial charge in [-0.1, -0.05) is 12.5 Å². The van der Waals surface area contributed by atoms with Crippen molar-refractivity contribution in [2.75, 3.05) is 18.4 Å². The average Bonchev–Trinajstić information content (AvgIpc) is 3.22. The van der Waals surface area contributed by atoms with Gasteiger partial charge < -0.3 is 16.8 Å². The van der Waals surface area contributed by atoms with Crippen molar-refractivity contribution >= 4 is 16.7 Å². The van der Waals surface area contributed by atoms with Gasteiger partial charge in [0.25, 0.3) is 0 Å².